The van der Waals surface area contributed by atoms with E-state index in [1.807, 2.05) is 6.92 Å². The molecule has 2 N–H and O–H groups in total. The van der Waals surface area contributed by atoms with Gasteiger partial charge in [0.25, 0.3) is 0 Å². The third-order valence-corrected chi connectivity index (χ3v) is 10.3. The van der Waals surface area contributed by atoms with E-state index in [1.165, 1.54) is 38.0 Å². The maximum Gasteiger partial charge on any atom is 0.409 e. The van der Waals surface area contributed by atoms with E-state index >= 15 is 0 Å². The van der Waals surface area contributed by atoms with Gasteiger partial charge in [0.15, 0.2) is 5.72 Å². The molecule has 2 saturated heterocycles. The number of hydrogen-bond acceptors (Lipinski definition) is 11. The van der Waals surface area contributed by atoms with Gasteiger partial charge in [0.2, 0.25) is 11.8 Å². The SMILES string of the molecule is COc1cc2cc(c1Cl)N(C)C(=O)C[C@@H](OC(=O)[C@@H](C)N(C)C(=O)CCS)[C@@]1(C)O[C@H]1[C@@H](C)[C@@H]1C[C@](O)(NC(=O)O1)[C@@H](OC)/C=C\C=C/2C. The highest BCUT2D eigenvalue weighted by molar-refractivity contribution is 7.80. The van der Waals surface area contributed by atoms with Crippen molar-refractivity contribution in [1.82, 2.24) is 10.2 Å². The van der Waals surface area contributed by atoms with E-state index in [9.17, 15) is 24.3 Å². The first-order valence-corrected chi connectivity index (χ1v) is 17.0. The number of anilines is 1. The van der Waals surface area contributed by atoms with Gasteiger partial charge in [-0.1, -0.05) is 36.8 Å². The van der Waals surface area contributed by atoms with Crippen LogP contribution in [0.5, 0.6) is 5.75 Å². The number of aliphatic hydroxyl groups is 1. The number of alkyl carbamates (subject to hydrolysis) is 1. The molecule has 13 nitrogen and oxygen atoms in total. The molecular weight excluding hydrogens is 678 g/mol. The van der Waals surface area contributed by atoms with E-state index in [-0.39, 0.29) is 30.2 Å². The predicted molar refractivity (Wildman–Crippen MR) is 186 cm³/mol. The molecule has 3 aliphatic heterocycles. The lowest BCUT2D eigenvalue weighted by atomic mass is 9.83. The fourth-order valence-electron chi connectivity index (χ4n) is 6.26. The summed E-state index contributed by atoms with van der Waals surface area (Å²) in [5.74, 6) is -1.36. The number of amides is 3. The molecule has 270 valence electrons. The zero-order valence-electron chi connectivity index (χ0n) is 29.0. The third kappa shape index (κ3) is 8.04. The number of nitrogens with one attached hydrogen (secondary N) is 1. The molecule has 8 atom stereocenters. The number of esters is 1. The summed E-state index contributed by atoms with van der Waals surface area (Å²) in [5.41, 5.74) is -1.23. The van der Waals surface area contributed by atoms with Crippen molar-refractivity contribution < 1.29 is 48.0 Å². The Bertz CT molecular complexity index is 1520. The molecule has 3 amide bonds. The van der Waals surface area contributed by atoms with Gasteiger partial charge in [-0.2, -0.15) is 12.6 Å². The van der Waals surface area contributed by atoms with Gasteiger partial charge in [0, 0.05) is 40.0 Å². The number of allylic oxidation sites excluding steroid dienone is 3. The topological polar surface area (TPSA) is 156 Å². The lowest BCUT2D eigenvalue weighted by Crippen LogP contribution is -2.63. The Morgan fingerprint density at radius 2 is 1.98 bits per heavy atom. The van der Waals surface area contributed by atoms with E-state index in [0.717, 1.165) is 5.57 Å². The maximum absolute atomic E-state index is 14.0. The second-order valence-corrected chi connectivity index (χ2v) is 13.7. The van der Waals surface area contributed by atoms with Crippen molar-refractivity contribution in [2.45, 2.75) is 88.7 Å². The van der Waals surface area contributed by atoms with Crippen LogP contribution < -0.4 is 15.0 Å². The Labute approximate surface area is 297 Å². The average Bonchev–Trinajstić information content (AvgIpc) is 3.76. The quantitative estimate of drug-likeness (QED) is 0.215. The minimum Gasteiger partial charge on any atom is -0.495 e. The molecule has 3 heterocycles. The van der Waals surface area contributed by atoms with Crippen LogP contribution >= 0.6 is 24.2 Å². The fourth-order valence-corrected chi connectivity index (χ4v) is 6.76. The summed E-state index contributed by atoms with van der Waals surface area (Å²) in [6, 6.07) is 2.49. The fraction of sp³-hybridized carbons (Fsp3) is 0.588. The molecule has 4 bridgehead atoms. The van der Waals surface area contributed by atoms with E-state index in [2.05, 4.69) is 17.9 Å². The minimum absolute atomic E-state index is 0.0552. The standard InChI is InChI=1S/C34H46ClN3O10S/c1-18-10-9-11-25(45-8)34(43)17-24(46-32(42)36-34)19(2)30-33(4,48-30)26(47-31(41)20(3)37(5)27(39)12-13-49)16-28(40)38(6)22-14-21(18)15-23(44-7)29(22)35/h9-11,14-15,19-20,24-26,30,43,49H,12-13,16-17H2,1-8H3,(H,36,42)/b11-9-,18-10-/t19-,20+,24-,25-,26+,30-,33+,34+/m0/s1. The lowest BCUT2D eigenvalue weighted by Gasteiger charge is -2.42. The molecule has 1 aromatic rings. The smallest absolute Gasteiger partial charge is 0.409 e. The van der Waals surface area contributed by atoms with Crippen LogP contribution in [-0.2, 0) is 33.3 Å². The third-order valence-electron chi connectivity index (χ3n) is 9.73. The highest BCUT2D eigenvalue weighted by Crippen LogP contribution is 2.49. The van der Waals surface area contributed by atoms with E-state index in [4.69, 9.17) is 35.3 Å². The number of ether oxygens (including phenoxy) is 5. The van der Waals surface area contributed by atoms with Crippen molar-refractivity contribution in [3.8, 4) is 5.75 Å². The number of epoxide rings is 1. The highest BCUT2D eigenvalue weighted by Gasteiger charge is 2.64. The number of fused-ring (bicyclic) bond motifs is 5. The Hall–Kier alpha value is -3.30. The number of hydrogen-bond donors (Lipinski definition) is 3. The van der Waals surface area contributed by atoms with Gasteiger partial charge in [-0.05, 0) is 49.8 Å². The lowest BCUT2D eigenvalue weighted by molar-refractivity contribution is -0.161. The average molecular weight is 724 g/mol. The van der Waals surface area contributed by atoms with Crippen LogP contribution in [0.15, 0.2) is 30.4 Å². The number of carbonyl (C=O) groups excluding carboxylic acids is 4. The number of carbonyl (C=O) groups is 4. The molecule has 0 unspecified atom stereocenters. The number of rotatable bonds is 7. The monoisotopic (exact) mass is 723 g/mol. The van der Waals surface area contributed by atoms with Crippen molar-refractivity contribution in [3.05, 3.63) is 40.9 Å². The summed E-state index contributed by atoms with van der Waals surface area (Å²) >= 11 is 10.8. The predicted octanol–water partition coefficient (Wildman–Crippen LogP) is 3.75. The van der Waals surface area contributed by atoms with Crippen LogP contribution in [0, 0.1) is 5.92 Å². The van der Waals surface area contributed by atoms with Crippen molar-refractivity contribution >= 4 is 59.4 Å². The minimum atomic E-state index is -1.83. The number of thiol groups is 1. The summed E-state index contributed by atoms with van der Waals surface area (Å²) in [7, 11) is 5.94. The highest BCUT2D eigenvalue weighted by atomic mass is 35.5. The maximum atomic E-state index is 14.0. The molecule has 0 radical (unpaired) electrons. The Kier molecular flexibility index (Phi) is 12.0. The zero-order valence-corrected chi connectivity index (χ0v) is 30.7. The second kappa shape index (κ2) is 15.3. The number of halogens is 1. The molecule has 0 saturated carbocycles. The van der Waals surface area contributed by atoms with Crippen LogP contribution in [0.2, 0.25) is 5.02 Å². The van der Waals surface area contributed by atoms with Crippen LogP contribution in [0.4, 0.5) is 10.5 Å². The molecule has 15 heteroatoms. The van der Waals surface area contributed by atoms with Gasteiger partial charge in [-0.25, -0.2) is 9.59 Å². The molecule has 0 aliphatic carbocycles. The zero-order chi connectivity index (χ0) is 36.4. The molecular formula is C34H46ClN3O10S. The van der Waals surface area contributed by atoms with Crippen LogP contribution in [0.25, 0.3) is 5.57 Å². The number of likely N-dealkylation sites (N-methyl/N-ethyl adjacent to an activating group) is 1. The summed E-state index contributed by atoms with van der Waals surface area (Å²) < 4.78 is 29.0. The van der Waals surface area contributed by atoms with Gasteiger partial charge in [0.05, 0.1) is 25.3 Å². The summed E-state index contributed by atoms with van der Waals surface area (Å²) in [5, 5.41) is 14.4. The first-order chi connectivity index (χ1) is 23.0. The van der Waals surface area contributed by atoms with Gasteiger partial charge in [-0.3, -0.25) is 14.9 Å². The first kappa shape index (κ1) is 38.5. The number of methoxy groups -OCH3 is 2. The van der Waals surface area contributed by atoms with E-state index in [0.29, 0.717) is 22.8 Å². The Morgan fingerprint density at radius 1 is 1.29 bits per heavy atom. The van der Waals surface area contributed by atoms with Gasteiger partial charge in [0.1, 0.15) is 40.7 Å². The largest absolute Gasteiger partial charge is 0.495 e. The molecule has 49 heavy (non-hydrogen) atoms. The second-order valence-electron chi connectivity index (χ2n) is 12.9. The number of benzene rings is 1. The van der Waals surface area contributed by atoms with Gasteiger partial charge >= 0.3 is 12.1 Å². The molecule has 4 rings (SSSR count). The molecule has 0 spiro atoms. The summed E-state index contributed by atoms with van der Waals surface area (Å²) in [4.78, 5) is 55.5. The number of nitrogens with zero attached hydrogens (tertiary/aromatic N) is 2. The normalized spacial score (nSPS) is 32.5. The van der Waals surface area contributed by atoms with Crippen molar-refractivity contribution in [3.63, 3.8) is 0 Å². The molecule has 3 aliphatic rings. The van der Waals surface area contributed by atoms with E-state index < -0.39 is 65.7 Å². The van der Waals surface area contributed by atoms with Gasteiger partial charge < -0.3 is 38.6 Å². The van der Waals surface area contributed by atoms with Crippen LogP contribution in [0.3, 0.4) is 0 Å². The Morgan fingerprint density at radius 3 is 2.61 bits per heavy atom. The molecule has 0 aromatic heterocycles. The van der Waals surface area contributed by atoms with Crippen molar-refractivity contribution in [2.24, 2.45) is 5.92 Å². The van der Waals surface area contributed by atoms with Crippen molar-refractivity contribution in [1.29, 1.82) is 0 Å². The summed E-state index contributed by atoms with van der Waals surface area (Å²) in [6.45, 7) is 6.88. The molecule has 1 aromatic carbocycles. The Balaban J connectivity index is 1.80. The van der Waals surface area contributed by atoms with Crippen molar-refractivity contribution in [2.75, 3.05) is 39.0 Å². The van der Waals surface area contributed by atoms with E-state index in [1.54, 1.807) is 51.3 Å². The van der Waals surface area contributed by atoms with Crippen LogP contribution in [0.1, 0.15) is 52.5 Å². The van der Waals surface area contributed by atoms with Gasteiger partial charge in [-0.15, -0.1) is 0 Å². The van der Waals surface area contributed by atoms with Crippen LogP contribution in [-0.4, -0.2) is 110 Å². The first-order valence-electron chi connectivity index (χ1n) is 16.0. The molecule has 2 fully saturated rings. The summed E-state index contributed by atoms with van der Waals surface area (Å²) in [6.07, 6.45) is 0.442.